The van der Waals surface area contributed by atoms with E-state index in [9.17, 15) is 4.79 Å². The molecule has 2 aromatic rings. The molecule has 2 aromatic heterocycles. The van der Waals surface area contributed by atoms with Gasteiger partial charge in [-0.3, -0.25) is 4.79 Å². The fourth-order valence-corrected chi connectivity index (χ4v) is 2.33. The average Bonchev–Trinajstić information content (AvgIpc) is 2.83. The minimum Gasteiger partial charge on any atom is -0.475 e. The third-order valence-corrected chi connectivity index (χ3v) is 3.49. The molecule has 0 aromatic carbocycles. The van der Waals surface area contributed by atoms with Crippen molar-refractivity contribution in [3.63, 3.8) is 0 Å². The Morgan fingerprint density at radius 1 is 1.40 bits per heavy atom. The third-order valence-electron chi connectivity index (χ3n) is 2.56. The van der Waals surface area contributed by atoms with Crippen LogP contribution in [0.15, 0.2) is 23.8 Å². The van der Waals surface area contributed by atoms with Gasteiger partial charge in [0.05, 0.1) is 17.3 Å². The molecule has 0 unspecified atom stereocenters. The molecule has 0 aliphatic heterocycles. The number of rotatable bonds is 5. The molecule has 1 amide bonds. The summed E-state index contributed by atoms with van der Waals surface area (Å²) in [5.74, 6) is 0.487. The monoisotopic (exact) mass is 291 g/mol. The molecule has 0 aliphatic carbocycles. The van der Waals surface area contributed by atoms with E-state index < -0.39 is 0 Å². The molecule has 0 bridgehead atoms. The predicted octanol–water partition coefficient (Wildman–Crippen LogP) is 2.56. The molecule has 0 aliphatic rings. The van der Waals surface area contributed by atoms with Crippen molar-refractivity contribution in [2.24, 2.45) is 0 Å². The number of nitrogens with zero attached hydrogens (tertiary/aromatic N) is 2. The number of carbonyl (C=O) groups excluding carboxylic acids is 1. The van der Waals surface area contributed by atoms with Gasteiger partial charge in [-0.2, -0.15) is 0 Å². The number of ether oxygens (including phenoxy) is 1. The highest BCUT2D eigenvalue weighted by Crippen LogP contribution is 2.13. The zero-order chi connectivity index (χ0) is 14.5. The molecule has 0 radical (unpaired) electrons. The summed E-state index contributed by atoms with van der Waals surface area (Å²) >= 11 is 1.34. The van der Waals surface area contributed by atoms with Crippen molar-refractivity contribution in [2.75, 3.05) is 0 Å². The number of aromatic nitrogens is 2. The standard InChI is InChI=1S/C14H17N3O2S/c1-9(2)19-12-5-4-11(6-15-12)7-16-14(18)13-10(3)17-8-20-13/h4-6,8-9H,7H2,1-3H3,(H,16,18). The van der Waals surface area contributed by atoms with Crippen LogP contribution in [0.4, 0.5) is 0 Å². The summed E-state index contributed by atoms with van der Waals surface area (Å²) in [6.07, 6.45) is 1.81. The quantitative estimate of drug-likeness (QED) is 0.919. The van der Waals surface area contributed by atoms with Crippen molar-refractivity contribution in [3.8, 4) is 5.88 Å². The normalized spacial score (nSPS) is 10.6. The van der Waals surface area contributed by atoms with E-state index in [0.717, 1.165) is 11.3 Å². The van der Waals surface area contributed by atoms with E-state index in [1.54, 1.807) is 17.8 Å². The molecule has 1 N–H and O–H groups in total. The van der Waals surface area contributed by atoms with Crippen molar-refractivity contribution >= 4 is 17.2 Å². The number of carbonyl (C=O) groups is 1. The van der Waals surface area contributed by atoms with Crippen molar-refractivity contribution < 1.29 is 9.53 Å². The Morgan fingerprint density at radius 3 is 2.75 bits per heavy atom. The van der Waals surface area contributed by atoms with E-state index in [0.29, 0.717) is 17.3 Å². The molecular formula is C14H17N3O2S. The molecule has 2 heterocycles. The lowest BCUT2D eigenvalue weighted by atomic mass is 10.2. The smallest absolute Gasteiger partial charge is 0.263 e. The molecular weight excluding hydrogens is 274 g/mol. The number of aryl methyl sites for hydroxylation is 1. The van der Waals surface area contributed by atoms with Gasteiger partial charge in [-0.05, 0) is 26.3 Å². The third kappa shape index (κ3) is 3.77. The predicted molar refractivity (Wildman–Crippen MR) is 78.0 cm³/mol. The van der Waals surface area contributed by atoms with Crippen LogP contribution >= 0.6 is 11.3 Å². The number of pyridine rings is 1. The zero-order valence-corrected chi connectivity index (χ0v) is 12.5. The average molecular weight is 291 g/mol. The molecule has 0 fully saturated rings. The Kier molecular flexibility index (Phi) is 4.68. The van der Waals surface area contributed by atoms with E-state index in [1.165, 1.54) is 11.3 Å². The molecule has 0 saturated heterocycles. The molecule has 0 saturated carbocycles. The van der Waals surface area contributed by atoms with Crippen LogP contribution in [0.2, 0.25) is 0 Å². The summed E-state index contributed by atoms with van der Waals surface area (Å²) in [5, 5.41) is 2.85. The number of hydrogen-bond donors (Lipinski definition) is 1. The van der Waals surface area contributed by atoms with Gasteiger partial charge in [0.2, 0.25) is 5.88 Å². The van der Waals surface area contributed by atoms with Crippen LogP contribution in [0, 0.1) is 6.92 Å². The largest absolute Gasteiger partial charge is 0.475 e. The SMILES string of the molecule is Cc1ncsc1C(=O)NCc1ccc(OC(C)C)nc1. The molecule has 106 valence electrons. The molecule has 20 heavy (non-hydrogen) atoms. The lowest BCUT2D eigenvalue weighted by molar-refractivity contribution is 0.0954. The van der Waals surface area contributed by atoms with E-state index in [-0.39, 0.29) is 12.0 Å². The Balaban J connectivity index is 1.91. The first kappa shape index (κ1) is 14.5. The zero-order valence-electron chi connectivity index (χ0n) is 11.7. The van der Waals surface area contributed by atoms with E-state index in [1.807, 2.05) is 26.8 Å². The maximum atomic E-state index is 11.9. The van der Waals surface area contributed by atoms with Gasteiger partial charge < -0.3 is 10.1 Å². The van der Waals surface area contributed by atoms with Gasteiger partial charge in [0.15, 0.2) is 0 Å². The van der Waals surface area contributed by atoms with Gasteiger partial charge in [0.25, 0.3) is 5.91 Å². The fraction of sp³-hybridized carbons (Fsp3) is 0.357. The summed E-state index contributed by atoms with van der Waals surface area (Å²) < 4.78 is 5.46. The first-order valence-electron chi connectivity index (χ1n) is 6.36. The van der Waals surface area contributed by atoms with Gasteiger partial charge in [-0.15, -0.1) is 11.3 Å². The maximum Gasteiger partial charge on any atom is 0.263 e. The van der Waals surface area contributed by atoms with Crippen molar-refractivity contribution in [3.05, 3.63) is 40.0 Å². The van der Waals surface area contributed by atoms with E-state index >= 15 is 0 Å². The Morgan fingerprint density at radius 2 is 2.20 bits per heavy atom. The Bertz CT molecular complexity index is 578. The summed E-state index contributed by atoms with van der Waals surface area (Å²) in [6.45, 7) is 6.16. The first-order valence-corrected chi connectivity index (χ1v) is 7.24. The van der Waals surface area contributed by atoms with Crippen LogP contribution in [0.5, 0.6) is 5.88 Å². The molecule has 6 heteroatoms. The lowest BCUT2D eigenvalue weighted by Gasteiger charge is -2.09. The van der Waals surface area contributed by atoms with Crippen LogP contribution in [0.3, 0.4) is 0 Å². The molecule has 2 rings (SSSR count). The van der Waals surface area contributed by atoms with Crippen LogP contribution in [0.25, 0.3) is 0 Å². The van der Waals surface area contributed by atoms with Crippen molar-refractivity contribution in [1.29, 1.82) is 0 Å². The minimum absolute atomic E-state index is 0.0994. The van der Waals surface area contributed by atoms with Gasteiger partial charge in [0, 0.05) is 18.8 Å². The van der Waals surface area contributed by atoms with E-state index in [4.69, 9.17) is 4.74 Å². The van der Waals surface area contributed by atoms with Crippen LogP contribution in [-0.2, 0) is 6.54 Å². The number of thiazole rings is 1. The van der Waals surface area contributed by atoms with Gasteiger partial charge >= 0.3 is 0 Å². The Labute approximate surface area is 122 Å². The molecule has 5 nitrogen and oxygen atoms in total. The second-order valence-electron chi connectivity index (χ2n) is 4.62. The van der Waals surface area contributed by atoms with Crippen LogP contribution in [0.1, 0.15) is 34.8 Å². The second-order valence-corrected chi connectivity index (χ2v) is 5.48. The van der Waals surface area contributed by atoms with Gasteiger partial charge in [-0.25, -0.2) is 9.97 Å². The summed E-state index contributed by atoms with van der Waals surface area (Å²) in [7, 11) is 0. The topological polar surface area (TPSA) is 64.1 Å². The Hall–Kier alpha value is -1.95. The van der Waals surface area contributed by atoms with Crippen molar-refractivity contribution in [2.45, 2.75) is 33.4 Å². The van der Waals surface area contributed by atoms with E-state index in [2.05, 4.69) is 15.3 Å². The highest BCUT2D eigenvalue weighted by molar-refractivity contribution is 7.11. The summed E-state index contributed by atoms with van der Waals surface area (Å²) in [6, 6.07) is 3.70. The number of nitrogens with one attached hydrogen (secondary N) is 1. The number of hydrogen-bond acceptors (Lipinski definition) is 5. The second kappa shape index (κ2) is 6.47. The molecule has 0 spiro atoms. The number of amides is 1. The van der Waals surface area contributed by atoms with Gasteiger partial charge in [0.1, 0.15) is 4.88 Å². The summed E-state index contributed by atoms with van der Waals surface area (Å²) in [5.41, 5.74) is 3.35. The maximum absolute atomic E-state index is 11.9. The van der Waals surface area contributed by atoms with Crippen LogP contribution < -0.4 is 10.1 Å². The summed E-state index contributed by atoms with van der Waals surface area (Å²) in [4.78, 5) is 20.8. The van der Waals surface area contributed by atoms with Crippen LogP contribution in [-0.4, -0.2) is 22.0 Å². The van der Waals surface area contributed by atoms with Crippen molar-refractivity contribution in [1.82, 2.24) is 15.3 Å². The highest BCUT2D eigenvalue weighted by Gasteiger charge is 2.11. The first-order chi connectivity index (χ1) is 9.56. The molecule has 0 atom stereocenters. The van der Waals surface area contributed by atoms with Gasteiger partial charge in [-0.1, -0.05) is 6.07 Å². The highest BCUT2D eigenvalue weighted by atomic mass is 32.1. The lowest BCUT2D eigenvalue weighted by Crippen LogP contribution is -2.22. The fourth-order valence-electron chi connectivity index (χ4n) is 1.61. The minimum atomic E-state index is -0.104.